The number of hydrogen-bond donors (Lipinski definition) is 0. The summed E-state index contributed by atoms with van der Waals surface area (Å²) in [4.78, 5) is 3.85. The summed E-state index contributed by atoms with van der Waals surface area (Å²) in [5, 5.41) is 3.45. The highest BCUT2D eigenvalue weighted by molar-refractivity contribution is 7.98. The molecule has 0 unspecified atom stereocenters. The molecule has 0 aromatic heterocycles. The second kappa shape index (κ2) is 5.52. The van der Waals surface area contributed by atoms with E-state index in [1.807, 2.05) is 18.4 Å². The largest absolute Gasteiger partial charge is 0.130 e. The van der Waals surface area contributed by atoms with Crippen LogP contribution in [-0.2, 0) is 0 Å². The van der Waals surface area contributed by atoms with Crippen molar-refractivity contribution in [3.05, 3.63) is 34.7 Å². The maximum absolute atomic E-state index is 8.10. The highest BCUT2D eigenvalue weighted by Crippen LogP contribution is 2.19. The van der Waals surface area contributed by atoms with Crippen LogP contribution in [0, 0.1) is 0 Å². The van der Waals surface area contributed by atoms with Crippen molar-refractivity contribution < 1.29 is 0 Å². The predicted molar refractivity (Wildman–Crippen MR) is 53.8 cm³/mol. The Kier molecular flexibility index (Phi) is 5.00. The molecule has 4 heteroatoms. The van der Waals surface area contributed by atoms with Gasteiger partial charge in [-0.2, -0.15) is 0 Å². The van der Waals surface area contributed by atoms with E-state index in [2.05, 4.69) is 10.0 Å². The normalized spacial score (nSPS) is 8.08. The molecular formula is C8H11N3S. The van der Waals surface area contributed by atoms with Crippen molar-refractivity contribution in [3.8, 4) is 0 Å². The quantitative estimate of drug-likeness (QED) is 0.294. The molecule has 1 rings (SSSR count). The van der Waals surface area contributed by atoms with E-state index in [-0.39, 0.29) is 7.43 Å². The van der Waals surface area contributed by atoms with Crippen LogP contribution >= 0.6 is 11.8 Å². The molecule has 0 heterocycles. The summed E-state index contributed by atoms with van der Waals surface area (Å²) >= 11 is 1.66. The van der Waals surface area contributed by atoms with Crippen molar-refractivity contribution in [1.29, 1.82) is 0 Å². The number of rotatable bonds is 2. The van der Waals surface area contributed by atoms with Gasteiger partial charge in [0.15, 0.2) is 0 Å². The Morgan fingerprint density at radius 2 is 1.92 bits per heavy atom. The van der Waals surface area contributed by atoms with Crippen molar-refractivity contribution in [1.82, 2.24) is 0 Å². The molecule has 0 aliphatic carbocycles. The van der Waals surface area contributed by atoms with E-state index < -0.39 is 0 Å². The van der Waals surface area contributed by atoms with Crippen LogP contribution in [0.15, 0.2) is 34.3 Å². The fourth-order valence-corrected chi connectivity index (χ4v) is 1.11. The van der Waals surface area contributed by atoms with Crippen LogP contribution in [0.2, 0.25) is 0 Å². The fraction of sp³-hybridized carbons (Fsp3) is 0.250. The van der Waals surface area contributed by atoms with Crippen LogP contribution in [0.4, 0.5) is 5.69 Å². The van der Waals surface area contributed by atoms with Crippen molar-refractivity contribution in [2.24, 2.45) is 5.11 Å². The van der Waals surface area contributed by atoms with Gasteiger partial charge in [-0.05, 0) is 23.9 Å². The lowest BCUT2D eigenvalue weighted by Crippen LogP contribution is -1.66. The fourth-order valence-electron chi connectivity index (χ4n) is 0.701. The van der Waals surface area contributed by atoms with Gasteiger partial charge in [0.05, 0.1) is 0 Å². The zero-order chi connectivity index (χ0) is 8.10. The Bertz CT molecular complexity index is 275. The van der Waals surface area contributed by atoms with Gasteiger partial charge in [-0.25, -0.2) is 0 Å². The van der Waals surface area contributed by atoms with Gasteiger partial charge in [0.2, 0.25) is 0 Å². The van der Waals surface area contributed by atoms with Crippen LogP contribution in [0.3, 0.4) is 0 Å². The molecule has 0 bridgehead atoms. The zero-order valence-electron chi connectivity index (χ0n) is 6.06. The molecule has 0 amide bonds. The first kappa shape index (κ1) is 10.9. The van der Waals surface area contributed by atoms with E-state index in [0.717, 1.165) is 0 Å². The first-order valence-electron chi connectivity index (χ1n) is 3.06. The molecule has 1 aromatic carbocycles. The van der Waals surface area contributed by atoms with Crippen LogP contribution in [0.5, 0.6) is 0 Å². The lowest BCUT2D eigenvalue weighted by atomic mass is 10.3. The third-order valence-electron chi connectivity index (χ3n) is 1.23. The Morgan fingerprint density at radius 3 is 2.33 bits per heavy atom. The maximum atomic E-state index is 8.10. The minimum Gasteiger partial charge on any atom is -0.130 e. The molecule has 1 aromatic rings. The van der Waals surface area contributed by atoms with Crippen LogP contribution in [-0.4, -0.2) is 6.26 Å². The van der Waals surface area contributed by atoms with Crippen molar-refractivity contribution >= 4 is 17.4 Å². The molecule has 0 fully saturated rings. The maximum Gasteiger partial charge on any atom is 0.0376 e. The van der Waals surface area contributed by atoms with E-state index in [1.165, 1.54) is 4.90 Å². The summed E-state index contributed by atoms with van der Waals surface area (Å²) in [6.45, 7) is 0. The summed E-state index contributed by atoms with van der Waals surface area (Å²) in [7, 11) is 0. The lowest BCUT2D eigenvalue weighted by molar-refractivity contribution is 1.40. The molecule has 0 N–H and O–H groups in total. The molecule has 0 saturated carbocycles. The van der Waals surface area contributed by atoms with Crippen molar-refractivity contribution in [2.75, 3.05) is 6.26 Å². The van der Waals surface area contributed by atoms with Gasteiger partial charge in [-0.1, -0.05) is 24.7 Å². The Balaban J connectivity index is 0.00000121. The van der Waals surface area contributed by atoms with E-state index in [0.29, 0.717) is 5.69 Å². The van der Waals surface area contributed by atoms with Crippen LogP contribution < -0.4 is 0 Å². The monoisotopic (exact) mass is 181 g/mol. The Morgan fingerprint density at radius 1 is 1.33 bits per heavy atom. The molecule has 0 saturated heterocycles. The van der Waals surface area contributed by atoms with Gasteiger partial charge in [0, 0.05) is 15.5 Å². The number of nitrogens with zero attached hydrogens (tertiary/aromatic N) is 3. The summed E-state index contributed by atoms with van der Waals surface area (Å²) < 4.78 is 0. The molecule has 0 spiro atoms. The van der Waals surface area contributed by atoms with Crippen LogP contribution in [0.25, 0.3) is 10.4 Å². The molecular weight excluding hydrogens is 170 g/mol. The lowest BCUT2D eigenvalue weighted by Gasteiger charge is -1.94. The first-order chi connectivity index (χ1) is 5.36. The second-order valence-corrected chi connectivity index (χ2v) is 2.77. The van der Waals surface area contributed by atoms with Gasteiger partial charge in [0.25, 0.3) is 0 Å². The Labute approximate surface area is 76.4 Å². The van der Waals surface area contributed by atoms with E-state index in [9.17, 15) is 0 Å². The van der Waals surface area contributed by atoms with E-state index in [1.54, 1.807) is 23.9 Å². The number of hydrogen-bond acceptors (Lipinski definition) is 2. The molecule has 0 radical (unpaired) electrons. The second-order valence-electron chi connectivity index (χ2n) is 1.89. The molecule has 0 aliphatic heterocycles. The average molecular weight is 181 g/mol. The van der Waals surface area contributed by atoms with Gasteiger partial charge < -0.3 is 0 Å². The van der Waals surface area contributed by atoms with Gasteiger partial charge in [-0.15, -0.1) is 11.8 Å². The minimum atomic E-state index is 0. The highest BCUT2D eigenvalue weighted by atomic mass is 32.2. The Hall–Kier alpha value is -1.12. The summed E-state index contributed by atoms with van der Waals surface area (Å²) in [5.41, 5.74) is 8.76. The SMILES string of the molecule is C.CSc1ccc(N=[N+]=[N-])cc1. The predicted octanol–water partition coefficient (Wildman–Crippen LogP) is 3.99. The molecule has 3 nitrogen and oxygen atoms in total. The number of thioether (sulfide) groups is 1. The summed E-state index contributed by atoms with van der Waals surface area (Å²) in [5.74, 6) is 0. The summed E-state index contributed by atoms with van der Waals surface area (Å²) in [6, 6.07) is 7.44. The van der Waals surface area contributed by atoms with Gasteiger partial charge in [-0.3, -0.25) is 0 Å². The zero-order valence-corrected chi connectivity index (χ0v) is 6.88. The standard InChI is InChI=1S/C7H7N3S.CH4/c1-11-7-4-2-6(3-5-7)9-10-8;/h2-5H,1H3;1H4. The third kappa shape index (κ3) is 2.86. The first-order valence-corrected chi connectivity index (χ1v) is 4.28. The van der Waals surface area contributed by atoms with Gasteiger partial charge >= 0.3 is 0 Å². The molecule has 64 valence electrons. The summed E-state index contributed by atoms with van der Waals surface area (Å²) in [6.07, 6.45) is 2.00. The topological polar surface area (TPSA) is 48.8 Å². The minimum absolute atomic E-state index is 0. The van der Waals surface area contributed by atoms with Crippen molar-refractivity contribution in [2.45, 2.75) is 12.3 Å². The smallest absolute Gasteiger partial charge is 0.0376 e. The molecule has 0 aliphatic rings. The van der Waals surface area contributed by atoms with Crippen molar-refractivity contribution in [3.63, 3.8) is 0 Å². The number of azide groups is 1. The highest BCUT2D eigenvalue weighted by Gasteiger charge is 1.88. The number of benzene rings is 1. The average Bonchev–Trinajstić information content (AvgIpc) is 2.07. The van der Waals surface area contributed by atoms with E-state index >= 15 is 0 Å². The van der Waals surface area contributed by atoms with Gasteiger partial charge in [0.1, 0.15) is 0 Å². The van der Waals surface area contributed by atoms with E-state index in [4.69, 9.17) is 5.53 Å². The van der Waals surface area contributed by atoms with Crippen LogP contribution in [0.1, 0.15) is 7.43 Å². The molecule has 0 atom stereocenters. The molecule has 12 heavy (non-hydrogen) atoms. The third-order valence-corrected chi connectivity index (χ3v) is 1.98.